The predicted octanol–water partition coefficient (Wildman–Crippen LogP) is 2.45. The summed E-state index contributed by atoms with van der Waals surface area (Å²) in [5, 5.41) is 8.96. The van der Waals surface area contributed by atoms with Crippen molar-refractivity contribution in [2.24, 2.45) is 0 Å². The van der Waals surface area contributed by atoms with Crippen LogP contribution in [0, 0.1) is 0 Å². The highest BCUT2D eigenvalue weighted by Crippen LogP contribution is 2.44. The van der Waals surface area contributed by atoms with Gasteiger partial charge in [0.25, 0.3) is 0 Å². The molecule has 0 aliphatic heterocycles. The van der Waals surface area contributed by atoms with Crippen molar-refractivity contribution in [3.8, 4) is 0 Å². The minimum atomic E-state index is -0.867. The van der Waals surface area contributed by atoms with E-state index >= 15 is 0 Å². The van der Waals surface area contributed by atoms with E-state index in [1.165, 1.54) is 6.42 Å². The maximum absolute atomic E-state index is 10.9. The van der Waals surface area contributed by atoms with Gasteiger partial charge in [-0.15, -0.1) is 0 Å². The zero-order valence-corrected chi connectivity index (χ0v) is 9.40. The van der Waals surface area contributed by atoms with Gasteiger partial charge in [0.05, 0.1) is 12.2 Å². The van der Waals surface area contributed by atoms with Gasteiger partial charge >= 0.3 is 5.97 Å². The van der Waals surface area contributed by atoms with Crippen molar-refractivity contribution in [1.82, 2.24) is 0 Å². The number of methoxy groups -OCH3 is 1. The van der Waals surface area contributed by atoms with Crippen molar-refractivity contribution in [3.05, 3.63) is 35.4 Å². The average Bonchev–Trinajstić information content (AvgIpc) is 2.23. The van der Waals surface area contributed by atoms with E-state index in [-0.39, 0.29) is 5.41 Å². The lowest BCUT2D eigenvalue weighted by molar-refractivity contribution is 0.0692. The number of carboxylic acid groups (broad SMARTS) is 1. The second kappa shape index (κ2) is 4.26. The van der Waals surface area contributed by atoms with Crippen molar-refractivity contribution in [3.63, 3.8) is 0 Å². The van der Waals surface area contributed by atoms with Crippen molar-refractivity contribution in [1.29, 1.82) is 0 Å². The average molecular weight is 220 g/mol. The topological polar surface area (TPSA) is 46.5 Å². The molecule has 2 rings (SSSR count). The summed E-state index contributed by atoms with van der Waals surface area (Å²) in [5.74, 6) is -0.867. The first-order chi connectivity index (χ1) is 7.68. The fourth-order valence-corrected chi connectivity index (χ4v) is 2.38. The highest BCUT2D eigenvalue weighted by Gasteiger charge is 2.38. The molecule has 0 heterocycles. The first kappa shape index (κ1) is 11.1. The number of aromatic carboxylic acids is 1. The van der Waals surface area contributed by atoms with Crippen molar-refractivity contribution in [2.75, 3.05) is 13.7 Å². The Hall–Kier alpha value is -1.35. The zero-order chi connectivity index (χ0) is 11.6. The van der Waals surface area contributed by atoms with Crippen LogP contribution in [0.1, 0.15) is 35.2 Å². The molecule has 16 heavy (non-hydrogen) atoms. The van der Waals surface area contributed by atoms with Gasteiger partial charge in [0.15, 0.2) is 0 Å². The second-order valence-corrected chi connectivity index (χ2v) is 4.45. The second-order valence-electron chi connectivity index (χ2n) is 4.45. The van der Waals surface area contributed by atoms with Crippen LogP contribution in [0.3, 0.4) is 0 Å². The Balaban J connectivity index is 2.31. The minimum absolute atomic E-state index is 0.0558. The molecule has 3 heteroatoms. The molecule has 1 aromatic rings. The molecule has 0 saturated heterocycles. The summed E-state index contributed by atoms with van der Waals surface area (Å²) in [7, 11) is 1.70. The van der Waals surface area contributed by atoms with E-state index < -0.39 is 5.97 Å². The van der Waals surface area contributed by atoms with Gasteiger partial charge in [0.2, 0.25) is 0 Å². The van der Waals surface area contributed by atoms with Gasteiger partial charge in [-0.3, -0.25) is 0 Å². The Labute approximate surface area is 95.0 Å². The Morgan fingerprint density at radius 2 is 2.25 bits per heavy atom. The number of benzene rings is 1. The third kappa shape index (κ3) is 1.83. The van der Waals surface area contributed by atoms with Gasteiger partial charge in [-0.25, -0.2) is 4.79 Å². The maximum Gasteiger partial charge on any atom is 0.335 e. The molecule has 1 aromatic carbocycles. The number of hydrogen-bond acceptors (Lipinski definition) is 2. The first-order valence-corrected chi connectivity index (χ1v) is 5.51. The molecule has 86 valence electrons. The molecule has 0 unspecified atom stereocenters. The number of carbonyl (C=O) groups is 1. The molecule has 0 atom stereocenters. The fourth-order valence-electron chi connectivity index (χ4n) is 2.38. The van der Waals surface area contributed by atoms with E-state index in [1.807, 2.05) is 12.1 Å². The van der Waals surface area contributed by atoms with E-state index in [1.54, 1.807) is 19.2 Å². The molecular formula is C13H16O3. The molecular weight excluding hydrogens is 204 g/mol. The van der Waals surface area contributed by atoms with Crippen LogP contribution in [-0.2, 0) is 10.2 Å². The molecule has 0 bridgehead atoms. The Kier molecular flexibility index (Phi) is 2.97. The van der Waals surface area contributed by atoms with Crippen molar-refractivity contribution in [2.45, 2.75) is 24.7 Å². The van der Waals surface area contributed by atoms with Crippen LogP contribution in [0.4, 0.5) is 0 Å². The predicted molar refractivity (Wildman–Crippen MR) is 60.8 cm³/mol. The molecule has 1 N–H and O–H groups in total. The lowest BCUT2D eigenvalue weighted by Crippen LogP contribution is -2.38. The van der Waals surface area contributed by atoms with Gasteiger partial charge < -0.3 is 9.84 Å². The molecule has 0 radical (unpaired) electrons. The van der Waals surface area contributed by atoms with Gasteiger partial charge in [0.1, 0.15) is 0 Å². The van der Waals surface area contributed by atoms with Crippen LogP contribution in [0.15, 0.2) is 24.3 Å². The zero-order valence-electron chi connectivity index (χ0n) is 9.40. The standard InChI is InChI=1S/C13H16O3/c1-16-9-13(6-3-7-13)11-5-2-4-10(8-11)12(14)15/h2,4-5,8H,3,6-7,9H2,1H3,(H,14,15). The molecule has 0 aromatic heterocycles. The van der Waals surface area contributed by atoms with Crippen LogP contribution in [-0.4, -0.2) is 24.8 Å². The normalized spacial score (nSPS) is 17.8. The van der Waals surface area contributed by atoms with Gasteiger partial charge in [-0.2, -0.15) is 0 Å². The molecule has 1 saturated carbocycles. The minimum Gasteiger partial charge on any atom is -0.478 e. The lowest BCUT2D eigenvalue weighted by Gasteiger charge is -2.42. The largest absolute Gasteiger partial charge is 0.478 e. The third-order valence-corrected chi connectivity index (χ3v) is 3.45. The fraction of sp³-hybridized carbons (Fsp3) is 0.462. The van der Waals surface area contributed by atoms with Crippen LogP contribution in [0.2, 0.25) is 0 Å². The van der Waals surface area contributed by atoms with E-state index in [9.17, 15) is 4.79 Å². The number of rotatable bonds is 4. The molecule has 0 amide bonds. The number of ether oxygens (including phenoxy) is 1. The van der Waals surface area contributed by atoms with Crippen LogP contribution < -0.4 is 0 Å². The van der Waals surface area contributed by atoms with E-state index in [2.05, 4.69) is 0 Å². The van der Waals surface area contributed by atoms with E-state index in [0.717, 1.165) is 18.4 Å². The summed E-state index contributed by atoms with van der Waals surface area (Å²) in [6.45, 7) is 0.677. The first-order valence-electron chi connectivity index (χ1n) is 5.51. The summed E-state index contributed by atoms with van der Waals surface area (Å²) < 4.78 is 5.26. The number of hydrogen-bond donors (Lipinski definition) is 1. The smallest absolute Gasteiger partial charge is 0.335 e. The molecule has 1 aliphatic carbocycles. The third-order valence-electron chi connectivity index (χ3n) is 3.45. The van der Waals surface area contributed by atoms with Crippen LogP contribution in [0.25, 0.3) is 0 Å². The Morgan fingerprint density at radius 1 is 1.50 bits per heavy atom. The molecule has 1 aliphatic rings. The van der Waals surface area contributed by atoms with Gasteiger partial charge in [-0.1, -0.05) is 18.6 Å². The summed E-state index contributed by atoms with van der Waals surface area (Å²) in [5.41, 5.74) is 1.51. The Morgan fingerprint density at radius 3 is 2.75 bits per heavy atom. The summed E-state index contributed by atoms with van der Waals surface area (Å²) in [6, 6.07) is 7.23. The molecule has 3 nitrogen and oxygen atoms in total. The lowest BCUT2D eigenvalue weighted by atomic mass is 9.65. The molecule has 0 spiro atoms. The highest BCUT2D eigenvalue weighted by atomic mass is 16.5. The SMILES string of the molecule is COCC1(c2cccc(C(=O)O)c2)CCC1. The highest BCUT2D eigenvalue weighted by molar-refractivity contribution is 5.87. The summed E-state index contributed by atoms with van der Waals surface area (Å²) in [6.07, 6.45) is 3.37. The summed E-state index contributed by atoms with van der Waals surface area (Å²) in [4.78, 5) is 10.9. The van der Waals surface area contributed by atoms with Crippen LogP contribution in [0.5, 0.6) is 0 Å². The molecule has 1 fully saturated rings. The van der Waals surface area contributed by atoms with E-state index in [0.29, 0.717) is 12.2 Å². The van der Waals surface area contributed by atoms with Gasteiger partial charge in [-0.05, 0) is 30.5 Å². The number of carboxylic acids is 1. The quantitative estimate of drug-likeness (QED) is 0.847. The van der Waals surface area contributed by atoms with E-state index in [4.69, 9.17) is 9.84 Å². The monoisotopic (exact) mass is 220 g/mol. The van der Waals surface area contributed by atoms with Gasteiger partial charge in [0, 0.05) is 12.5 Å². The summed E-state index contributed by atoms with van der Waals surface area (Å²) >= 11 is 0. The van der Waals surface area contributed by atoms with Crippen molar-refractivity contribution >= 4 is 5.97 Å². The van der Waals surface area contributed by atoms with Crippen LogP contribution >= 0.6 is 0 Å². The Bertz CT molecular complexity index is 394. The van der Waals surface area contributed by atoms with Crippen molar-refractivity contribution < 1.29 is 14.6 Å². The maximum atomic E-state index is 10.9.